The van der Waals surface area contributed by atoms with Crippen LogP contribution in [0.2, 0.25) is 15.1 Å². The number of amides is 1. The fourth-order valence-corrected chi connectivity index (χ4v) is 2.78. The first-order chi connectivity index (χ1) is 10.9. The van der Waals surface area contributed by atoms with Crippen molar-refractivity contribution < 1.29 is 14.7 Å². The summed E-state index contributed by atoms with van der Waals surface area (Å²) in [6, 6.07) is 9.95. The highest BCUT2D eigenvalue weighted by atomic mass is 35.5. The molecule has 120 valence electrons. The van der Waals surface area contributed by atoms with Crippen LogP contribution in [0.1, 0.15) is 17.2 Å². The number of hydrogen-bond donors (Lipinski definition) is 2. The van der Waals surface area contributed by atoms with E-state index in [1.54, 1.807) is 24.3 Å². The molecule has 4 nitrogen and oxygen atoms in total. The van der Waals surface area contributed by atoms with E-state index in [0.717, 1.165) is 0 Å². The van der Waals surface area contributed by atoms with Crippen molar-refractivity contribution in [2.24, 2.45) is 0 Å². The summed E-state index contributed by atoms with van der Waals surface area (Å²) in [4.78, 5) is 23.6. The van der Waals surface area contributed by atoms with Gasteiger partial charge < -0.3 is 10.4 Å². The molecule has 7 heteroatoms. The van der Waals surface area contributed by atoms with Crippen LogP contribution < -0.4 is 5.32 Å². The Morgan fingerprint density at radius 1 is 1.04 bits per heavy atom. The van der Waals surface area contributed by atoms with Gasteiger partial charge in [0.1, 0.15) is 0 Å². The molecule has 0 saturated heterocycles. The molecule has 0 spiro atoms. The lowest BCUT2D eigenvalue weighted by Gasteiger charge is -2.16. The van der Waals surface area contributed by atoms with E-state index in [1.807, 2.05) is 0 Å². The van der Waals surface area contributed by atoms with E-state index in [2.05, 4.69) is 5.32 Å². The second-order valence-corrected chi connectivity index (χ2v) is 6.09. The van der Waals surface area contributed by atoms with E-state index >= 15 is 0 Å². The number of nitrogens with one attached hydrogen (secondary N) is 1. The van der Waals surface area contributed by atoms with Crippen molar-refractivity contribution in [1.82, 2.24) is 5.32 Å². The molecule has 0 aliphatic rings. The molecule has 2 rings (SSSR count). The van der Waals surface area contributed by atoms with Crippen LogP contribution in [0.5, 0.6) is 0 Å². The molecule has 1 atom stereocenters. The number of carbonyl (C=O) groups is 2. The number of halogens is 3. The maximum absolute atomic E-state index is 12.1. The largest absolute Gasteiger partial charge is 0.479 e. The Bertz CT molecular complexity index is 749. The molecule has 0 bridgehead atoms. The van der Waals surface area contributed by atoms with Crippen LogP contribution >= 0.6 is 34.8 Å². The van der Waals surface area contributed by atoms with E-state index in [9.17, 15) is 14.7 Å². The summed E-state index contributed by atoms with van der Waals surface area (Å²) in [6.45, 7) is 0. The molecule has 0 aromatic heterocycles. The molecule has 0 heterocycles. The molecule has 0 saturated carbocycles. The number of carbonyl (C=O) groups excluding carboxylic acids is 1. The van der Waals surface area contributed by atoms with E-state index in [1.165, 1.54) is 18.2 Å². The van der Waals surface area contributed by atoms with Gasteiger partial charge in [-0.15, -0.1) is 0 Å². The molecule has 0 fully saturated rings. The maximum Gasteiger partial charge on any atom is 0.330 e. The molecule has 2 aromatic rings. The third kappa shape index (κ3) is 4.86. The number of hydrogen-bond acceptors (Lipinski definition) is 2. The highest BCUT2D eigenvalue weighted by molar-refractivity contribution is 6.35. The van der Waals surface area contributed by atoms with Crippen LogP contribution in [0.4, 0.5) is 0 Å². The molecule has 1 amide bonds. The van der Waals surface area contributed by atoms with E-state index < -0.39 is 17.9 Å². The van der Waals surface area contributed by atoms with Gasteiger partial charge in [-0.1, -0.05) is 53.0 Å². The van der Waals surface area contributed by atoms with E-state index in [-0.39, 0.29) is 17.0 Å². The third-order valence-corrected chi connectivity index (χ3v) is 3.88. The average Bonchev–Trinajstić information content (AvgIpc) is 2.45. The first-order valence-electron chi connectivity index (χ1n) is 6.58. The van der Waals surface area contributed by atoms with Crippen LogP contribution in [0.3, 0.4) is 0 Å². The van der Waals surface area contributed by atoms with Crippen molar-refractivity contribution in [3.63, 3.8) is 0 Å². The molecule has 2 aromatic carbocycles. The van der Waals surface area contributed by atoms with Gasteiger partial charge in [0.2, 0.25) is 5.91 Å². The highest BCUT2D eigenvalue weighted by Gasteiger charge is 2.24. The minimum Gasteiger partial charge on any atom is -0.479 e. The first kappa shape index (κ1) is 17.6. The second-order valence-electron chi connectivity index (χ2n) is 4.81. The summed E-state index contributed by atoms with van der Waals surface area (Å²) >= 11 is 17.7. The molecule has 1 unspecified atom stereocenters. The molecular weight excluding hydrogens is 361 g/mol. The van der Waals surface area contributed by atoms with Crippen LogP contribution in [-0.4, -0.2) is 17.0 Å². The van der Waals surface area contributed by atoms with Gasteiger partial charge in [0, 0.05) is 20.6 Å². The summed E-state index contributed by atoms with van der Waals surface area (Å²) in [5.74, 6) is -1.67. The van der Waals surface area contributed by atoms with Crippen molar-refractivity contribution in [2.75, 3.05) is 0 Å². The fraction of sp³-hybridized carbons (Fsp3) is 0.125. The summed E-state index contributed by atoms with van der Waals surface area (Å²) in [5.41, 5.74) is 0.948. The number of carboxylic acids is 1. The van der Waals surface area contributed by atoms with E-state index in [4.69, 9.17) is 34.8 Å². The van der Waals surface area contributed by atoms with Gasteiger partial charge >= 0.3 is 5.97 Å². The number of benzene rings is 2. The van der Waals surface area contributed by atoms with Crippen molar-refractivity contribution in [1.29, 1.82) is 0 Å². The van der Waals surface area contributed by atoms with Crippen LogP contribution in [0.15, 0.2) is 42.5 Å². The van der Waals surface area contributed by atoms with Gasteiger partial charge in [-0.25, -0.2) is 4.79 Å². The van der Waals surface area contributed by atoms with Gasteiger partial charge in [-0.3, -0.25) is 4.79 Å². The van der Waals surface area contributed by atoms with Crippen molar-refractivity contribution in [3.05, 3.63) is 68.7 Å². The van der Waals surface area contributed by atoms with Crippen molar-refractivity contribution >= 4 is 46.7 Å². The monoisotopic (exact) mass is 371 g/mol. The Morgan fingerprint density at radius 3 is 2.35 bits per heavy atom. The predicted octanol–water partition coefficient (Wildman–Crippen LogP) is 4.13. The molecule has 2 N–H and O–H groups in total. The van der Waals surface area contributed by atoms with Crippen LogP contribution in [-0.2, 0) is 16.0 Å². The number of carboxylic acid groups (broad SMARTS) is 1. The summed E-state index contributed by atoms with van der Waals surface area (Å²) in [5, 5.41) is 12.9. The standard InChI is InChI=1S/C16H12Cl3NO3/c17-10-3-1-2-9(6-10)7-14(21)20-15(16(22)23)12-5-4-11(18)8-13(12)19/h1-6,8,15H,7H2,(H,20,21)(H,22,23). The van der Waals surface area contributed by atoms with Crippen molar-refractivity contribution in [2.45, 2.75) is 12.5 Å². The Kier molecular flexibility index (Phi) is 5.88. The van der Waals surface area contributed by atoms with Crippen molar-refractivity contribution in [3.8, 4) is 0 Å². The Balaban J connectivity index is 2.16. The quantitative estimate of drug-likeness (QED) is 0.829. The lowest BCUT2D eigenvalue weighted by atomic mass is 10.1. The zero-order valence-electron chi connectivity index (χ0n) is 11.7. The lowest BCUT2D eigenvalue weighted by molar-refractivity contribution is -0.141. The van der Waals surface area contributed by atoms with Gasteiger partial charge in [0.25, 0.3) is 0 Å². The summed E-state index contributed by atoms with van der Waals surface area (Å²) in [7, 11) is 0. The minimum absolute atomic E-state index is 0.00947. The second kappa shape index (κ2) is 7.68. The zero-order chi connectivity index (χ0) is 17.0. The zero-order valence-corrected chi connectivity index (χ0v) is 14.0. The SMILES string of the molecule is O=C(Cc1cccc(Cl)c1)NC(C(=O)O)c1ccc(Cl)cc1Cl. The summed E-state index contributed by atoms with van der Waals surface area (Å²) < 4.78 is 0. The number of aliphatic carboxylic acids is 1. The van der Waals surface area contributed by atoms with Gasteiger partial charge in [0.05, 0.1) is 6.42 Å². The van der Waals surface area contributed by atoms with Gasteiger partial charge in [-0.2, -0.15) is 0 Å². The predicted molar refractivity (Wildman–Crippen MR) is 90.1 cm³/mol. The molecule has 23 heavy (non-hydrogen) atoms. The average molecular weight is 373 g/mol. The normalized spacial score (nSPS) is 11.8. The first-order valence-corrected chi connectivity index (χ1v) is 7.72. The lowest BCUT2D eigenvalue weighted by Crippen LogP contribution is -2.34. The molecule has 0 aliphatic heterocycles. The maximum atomic E-state index is 12.1. The molecule has 0 aliphatic carbocycles. The third-order valence-electron chi connectivity index (χ3n) is 3.08. The van der Waals surface area contributed by atoms with Crippen LogP contribution in [0, 0.1) is 0 Å². The Hall–Kier alpha value is -1.75. The summed E-state index contributed by atoms with van der Waals surface area (Å²) in [6.07, 6.45) is 0.00947. The Labute approximate surface area is 148 Å². The molecular formula is C16H12Cl3NO3. The molecule has 0 radical (unpaired) electrons. The smallest absolute Gasteiger partial charge is 0.330 e. The van der Waals surface area contributed by atoms with Gasteiger partial charge in [-0.05, 0) is 29.8 Å². The van der Waals surface area contributed by atoms with Crippen LogP contribution in [0.25, 0.3) is 0 Å². The Morgan fingerprint density at radius 2 is 1.74 bits per heavy atom. The minimum atomic E-state index is -1.26. The highest BCUT2D eigenvalue weighted by Crippen LogP contribution is 2.26. The van der Waals surface area contributed by atoms with E-state index in [0.29, 0.717) is 15.6 Å². The van der Waals surface area contributed by atoms with Gasteiger partial charge in [0.15, 0.2) is 6.04 Å². The number of rotatable bonds is 5. The fourth-order valence-electron chi connectivity index (χ4n) is 2.05. The topological polar surface area (TPSA) is 66.4 Å².